The summed E-state index contributed by atoms with van der Waals surface area (Å²) >= 11 is 6.19. The minimum Gasteiger partial charge on any atom is -0.471 e. The Labute approximate surface area is 175 Å². The molecule has 29 heavy (non-hydrogen) atoms. The molecule has 0 aliphatic heterocycles. The normalized spacial score (nSPS) is 11.0. The van der Waals surface area contributed by atoms with E-state index < -0.39 is 0 Å². The van der Waals surface area contributed by atoms with Crippen molar-refractivity contribution in [3.05, 3.63) is 63.7 Å². The molecule has 1 amide bonds. The molecular weight excluding hydrogens is 390 g/mol. The van der Waals surface area contributed by atoms with Crippen LogP contribution < -0.4 is 4.74 Å². The minimum absolute atomic E-state index is 0.148. The van der Waals surface area contributed by atoms with Crippen LogP contribution in [-0.2, 0) is 19.8 Å². The number of carbonyl (C=O) groups excluding carboxylic acids is 1. The first-order valence-electron chi connectivity index (χ1n) is 9.50. The number of ether oxygens (including phenoxy) is 1. The van der Waals surface area contributed by atoms with Gasteiger partial charge in [-0.1, -0.05) is 11.6 Å². The SMILES string of the molecule is CCn1cc(CN(C)C(=O)c2ccn(COc3cc(C)c(Cl)c(C)c3)n2)c(C)n1. The van der Waals surface area contributed by atoms with Crippen molar-refractivity contribution in [2.75, 3.05) is 7.05 Å². The number of nitrogens with zero attached hydrogens (tertiary/aromatic N) is 5. The number of hydrogen-bond acceptors (Lipinski definition) is 4. The van der Waals surface area contributed by atoms with Gasteiger partial charge < -0.3 is 9.64 Å². The molecule has 0 N–H and O–H groups in total. The van der Waals surface area contributed by atoms with Gasteiger partial charge in [-0.2, -0.15) is 10.2 Å². The molecule has 2 heterocycles. The molecule has 0 aliphatic carbocycles. The van der Waals surface area contributed by atoms with E-state index in [1.165, 1.54) is 0 Å². The lowest BCUT2D eigenvalue weighted by molar-refractivity contribution is 0.0777. The molecule has 1 aromatic carbocycles. The molecular formula is C21H26ClN5O2. The first kappa shape index (κ1) is 20.9. The molecule has 3 rings (SSSR count). The zero-order valence-electron chi connectivity index (χ0n) is 17.4. The van der Waals surface area contributed by atoms with Crippen LogP contribution in [0, 0.1) is 20.8 Å². The van der Waals surface area contributed by atoms with E-state index in [0.29, 0.717) is 18.0 Å². The molecule has 8 heteroatoms. The quantitative estimate of drug-likeness (QED) is 0.585. The maximum atomic E-state index is 12.7. The first-order valence-corrected chi connectivity index (χ1v) is 9.87. The summed E-state index contributed by atoms with van der Waals surface area (Å²) in [5.41, 5.74) is 4.25. The third kappa shape index (κ3) is 4.79. The predicted octanol–water partition coefficient (Wildman–Crippen LogP) is 3.99. The van der Waals surface area contributed by atoms with Crippen LogP contribution in [0.5, 0.6) is 5.75 Å². The molecule has 7 nitrogen and oxygen atoms in total. The Bertz CT molecular complexity index is 1000. The Balaban J connectivity index is 1.62. The number of benzene rings is 1. The van der Waals surface area contributed by atoms with Crippen LogP contribution in [0.1, 0.15) is 39.8 Å². The maximum absolute atomic E-state index is 12.7. The van der Waals surface area contributed by atoms with E-state index in [0.717, 1.165) is 34.0 Å². The van der Waals surface area contributed by atoms with Gasteiger partial charge in [0.25, 0.3) is 5.91 Å². The molecule has 154 valence electrons. The molecule has 0 radical (unpaired) electrons. The fraction of sp³-hybridized carbons (Fsp3) is 0.381. The van der Waals surface area contributed by atoms with Crippen molar-refractivity contribution in [1.82, 2.24) is 24.5 Å². The Kier molecular flexibility index (Phi) is 6.27. The van der Waals surface area contributed by atoms with Gasteiger partial charge in [0, 0.05) is 43.1 Å². The van der Waals surface area contributed by atoms with Crippen molar-refractivity contribution in [2.45, 2.75) is 47.5 Å². The van der Waals surface area contributed by atoms with Crippen LogP contribution in [0.15, 0.2) is 30.6 Å². The van der Waals surface area contributed by atoms with Crippen LogP contribution in [0.2, 0.25) is 5.02 Å². The fourth-order valence-electron chi connectivity index (χ4n) is 3.08. The van der Waals surface area contributed by atoms with Gasteiger partial charge in [-0.15, -0.1) is 0 Å². The Morgan fingerprint density at radius 2 is 1.86 bits per heavy atom. The molecule has 0 spiro atoms. The van der Waals surface area contributed by atoms with Gasteiger partial charge in [-0.3, -0.25) is 9.48 Å². The van der Waals surface area contributed by atoms with E-state index in [4.69, 9.17) is 16.3 Å². The second-order valence-electron chi connectivity index (χ2n) is 7.14. The highest BCUT2D eigenvalue weighted by Crippen LogP contribution is 2.26. The van der Waals surface area contributed by atoms with Gasteiger partial charge in [-0.25, -0.2) is 4.68 Å². The molecule has 2 aromatic heterocycles. The monoisotopic (exact) mass is 415 g/mol. The topological polar surface area (TPSA) is 65.2 Å². The lowest BCUT2D eigenvalue weighted by atomic mass is 10.1. The maximum Gasteiger partial charge on any atom is 0.274 e. The fourth-order valence-corrected chi connectivity index (χ4v) is 3.19. The van der Waals surface area contributed by atoms with E-state index in [-0.39, 0.29) is 12.6 Å². The van der Waals surface area contributed by atoms with Gasteiger partial charge >= 0.3 is 0 Å². The molecule has 0 bridgehead atoms. The van der Waals surface area contributed by atoms with Crippen LogP contribution in [-0.4, -0.2) is 37.4 Å². The molecule has 0 atom stereocenters. The number of amides is 1. The van der Waals surface area contributed by atoms with Gasteiger partial charge in [0.05, 0.1) is 5.69 Å². The van der Waals surface area contributed by atoms with E-state index in [2.05, 4.69) is 10.2 Å². The van der Waals surface area contributed by atoms with Crippen LogP contribution in [0.3, 0.4) is 0 Å². The second-order valence-corrected chi connectivity index (χ2v) is 7.52. The molecule has 0 fully saturated rings. The highest BCUT2D eigenvalue weighted by molar-refractivity contribution is 6.32. The Hall–Kier alpha value is -2.80. The molecule has 0 unspecified atom stereocenters. The van der Waals surface area contributed by atoms with Crippen molar-refractivity contribution >= 4 is 17.5 Å². The van der Waals surface area contributed by atoms with Gasteiger partial charge in [0.15, 0.2) is 12.4 Å². The number of carbonyl (C=O) groups is 1. The second kappa shape index (κ2) is 8.69. The Morgan fingerprint density at radius 1 is 1.17 bits per heavy atom. The lowest BCUT2D eigenvalue weighted by Crippen LogP contribution is -2.27. The summed E-state index contributed by atoms with van der Waals surface area (Å²) in [6.07, 6.45) is 3.71. The van der Waals surface area contributed by atoms with E-state index in [9.17, 15) is 4.79 Å². The standard InChI is InChI=1S/C21H26ClN5O2/c1-6-26-12-17(16(4)23-26)11-25(5)21(28)19-7-8-27(24-19)13-29-18-9-14(2)20(22)15(3)10-18/h7-10,12H,6,11,13H2,1-5H3. The highest BCUT2D eigenvalue weighted by atomic mass is 35.5. The molecule has 0 aliphatic rings. The van der Waals surface area contributed by atoms with Crippen LogP contribution >= 0.6 is 11.6 Å². The van der Waals surface area contributed by atoms with Crippen molar-refractivity contribution in [3.63, 3.8) is 0 Å². The van der Waals surface area contributed by atoms with Crippen LogP contribution in [0.4, 0.5) is 0 Å². The summed E-state index contributed by atoms with van der Waals surface area (Å²) in [5, 5.41) is 9.51. The molecule has 3 aromatic rings. The summed E-state index contributed by atoms with van der Waals surface area (Å²) < 4.78 is 9.26. The van der Waals surface area contributed by atoms with E-state index in [1.807, 2.05) is 50.7 Å². The van der Waals surface area contributed by atoms with Crippen molar-refractivity contribution in [2.24, 2.45) is 0 Å². The average molecular weight is 416 g/mol. The number of halogens is 1. The predicted molar refractivity (Wildman–Crippen MR) is 112 cm³/mol. The third-order valence-electron chi connectivity index (χ3n) is 4.76. The summed E-state index contributed by atoms with van der Waals surface area (Å²) in [4.78, 5) is 14.4. The molecule has 0 saturated carbocycles. The van der Waals surface area contributed by atoms with Crippen LogP contribution in [0.25, 0.3) is 0 Å². The van der Waals surface area contributed by atoms with Crippen molar-refractivity contribution in [3.8, 4) is 5.75 Å². The minimum atomic E-state index is -0.148. The van der Waals surface area contributed by atoms with Crippen molar-refractivity contribution in [1.29, 1.82) is 0 Å². The number of aromatic nitrogens is 4. The third-order valence-corrected chi connectivity index (χ3v) is 5.36. The molecule has 0 saturated heterocycles. The zero-order chi connectivity index (χ0) is 21.1. The zero-order valence-corrected chi connectivity index (χ0v) is 18.2. The number of aryl methyl sites for hydroxylation is 4. The number of hydrogen-bond donors (Lipinski definition) is 0. The van der Waals surface area contributed by atoms with Gasteiger partial charge in [0.1, 0.15) is 5.75 Å². The lowest BCUT2D eigenvalue weighted by Gasteiger charge is -2.15. The van der Waals surface area contributed by atoms with Gasteiger partial charge in [-0.05, 0) is 57.0 Å². The summed E-state index contributed by atoms with van der Waals surface area (Å²) in [7, 11) is 1.76. The average Bonchev–Trinajstić information content (AvgIpc) is 3.30. The van der Waals surface area contributed by atoms with Gasteiger partial charge in [0.2, 0.25) is 0 Å². The summed E-state index contributed by atoms with van der Waals surface area (Å²) in [5.74, 6) is 0.568. The smallest absolute Gasteiger partial charge is 0.274 e. The van der Waals surface area contributed by atoms with Crippen molar-refractivity contribution < 1.29 is 9.53 Å². The summed E-state index contributed by atoms with van der Waals surface area (Å²) in [6.45, 7) is 9.36. The largest absolute Gasteiger partial charge is 0.471 e. The Morgan fingerprint density at radius 3 is 2.48 bits per heavy atom. The first-order chi connectivity index (χ1) is 13.8. The summed E-state index contributed by atoms with van der Waals surface area (Å²) in [6, 6.07) is 5.47. The number of rotatable bonds is 7. The highest BCUT2D eigenvalue weighted by Gasteiger charge is 2.17. The van der Waals surface area contributed by atoms with E-state index >= 15 is 0 Å². The van der Waals surface area contributed by atoms with E-state index in [1.54, 1.807) is 28.9 Å².